The molecule has 0 aliphatic carbocycles. The predicted molar refractivity (Wildman–Crippen MR) is 113 cm³/mol. The van der Waals surface area contributed by atoms with Gasteiger partial charge in [0.1, 0.15) is 0 Å². The van der Waals surface area contributed by atoms with Gasteiger partial charge in [0.05, 0.1) is 18.1 Å². The zero-order valence-corrected chi connectivity index (χ0v) is 16.4. The maximum atomic E-state index is 12.5. The fourth-order valence-electron chi connectivity index (χ4n) is 4.08. The number of rotatable bonds is 4. The summed E-state index contributed by atoms with van der Waals surface area (Å²) in [6.45, 7) is 3.83. The van der Waals surface area contributed by atoms with Gasteiger partial charge in [0, 0.05) is 37.8 Å². The molecule has 148 valence electrons. The van der Waals surface area contributed by atoms with Crippen molar-refractivity contribution < 1.29 is 4.79 Å². The van der Waals surface area contributed by atoms with Gasteiger partial charge < -0.3 is 15.1 Å². The molecule has 2 aromatic rings. The van der Waals surface area contributed by atoms with E-state index in [1.807, 2.05) is 42.7 Å². The zero-order chi connectivity index (χ0) is 19.2. The van der Waals surface area contributed by atoms with Gasteiger partial charge in [-0.2, -0.15) is 0 Å². The Morgan fingerprint density at radius 1 is 0.857 bits per heavy atom. The maximum Gasteiger partial charge on any atom is 0.227 e. The Bertz CT molecular complexity index is 748. The Labute approximate surface area is 167 Å². The van der Waals surface area contributed by atoms with E-state index in [9.17, 15) is 4.79 Å². The number of anilines is 3. The third-order valence-electron chi connectivity index (χ3n) is 5.79. The average Bonchev–Trinajstić information content (AvgIpc) is 3.04. The van der Waals surface area contributed by atoms with Crippen molar-refractivity contribution in [2.45, 2.75) is 38.5 Å². The minimum absolute atomic E-state index is 0.0637. The summed E-state index contributed by atoms with van der Waals surface area (Å²) in [6, 6.07) is 9.68. The molecule has 4 rings (SSSR count). The van der Waals surface area contributed by atoms with Gasteiger partial charge in [-0.25, -0.2) is 9.97 Å². The van der Waals surface area contributed by atoms with Crippen LogP contribution < -0.4 is 15.1 Å². The highest BCUT2D eigenvalue weighted by atomic mass is 16.1. The largest absolute Gasteiger partial charge is 0.369 e. The Morgan fingerprint density at radius 3 is 2.14 bits per heavy atom. The molecule has 6 heteroatoms. The molecular weight excluding hydrogens is 350 g/mol. The first-order valence-electron chi connectivity index (χ1n) is 10.5. The summed E-state index contributed by atoms with van der Waals surface area (Å²) in [7, 11) is 0. The lowest BCUT2D eigenvalue weighted by atomic mass is 9.95. The molecule has 1 aromatic carbocycles. The van der Waals surface area contributed by atoms with Crippen LogP contribution in [0.5, 0.6) is 0 Å². The third kappa shape index (κ3) is 4.61. The number of para-hydroxylation sites is 1. The summed E-state index contributed by atoms with van der Waals surface area (Å²) in [5.41, 5.74) is 1.92. The van der Waals surface area contributed by atoms with Crippen LogP contribution in [-0.4, -0.2) is 42.1 Å². The Balaban J connectivity index is 1.30. The highest BCUT2D eigenvalue weighted by Crippen LogP contribution is 2.24. The molecule has 1 N–H and O–H groups in total. The molecular formula is C22H29N5O. The Hall–Kier alpha value is -2.63. The van der Waals surface area contributed by atoms with Gasteiger partial charge >= 0.3 is 0 Å². The highest BCUT2D eigenvalue weighted by molar-refractivity contribution is 5.92. The molecule has 2 aliphatic rings. The molecule has 1 amide bonds. The molecule has 1 aromatic heterocycles. The molecule has 2 aliphatic heterocycles. The summed E-state index contributed by atoms with van der Waals surface area (Å²) in [5, 5.41) is 3.03. The van der Waals surface area contributed by atoms with E-state index in [4.69, 9.17) is 0 Å². The van der Waals surface area contributed by atoms with Crippen LogP contribution in [0.1, 0.15) is 38.5 Å². The van der Waals surface area contributed by atoms with Gasteiger partial charge in [-0.05, 0) is 37.8 Å². The molecule has 2 fully saturated rings. The summed E-state index contributed by atoms with van der Waals surface area (Å²) >= 11 is 0. The molecule has 28 heavy (non-hydrogen) atoms. The number of hydrogen-bond acceptors (Lipinski definition) is 5. The number of benzene rings is 1. The van der Waals surface area contributed by atoms with Crippen LogP contribution in [0, 0.1) is 5.92 Å². The Morgan fingerprint density at radius 2 is 1.50 bits per heavy atom. The second-order valence-electron chi connectivity index (χ2n) is 7.76. The normalized spacial score (nSPS) is 18.6. The first kappa shape index (κ1) is 18.7. The van der Waals surface area contributed by atoms with E-state index < -0.39 is 0 Å². The quantitative estimate of drug-likeness (QED) is 0.877. The minimum atomic E-state index is 0.0637. The fraction of sp³-hybridized carbons (Fsp3) is 0.500. The molecule has 0 unspecified atom stereocenters. The van der Waals surface area contributed by atoms with E-state index in [1.165, 1.54) is 25.7 Å². The van der Waals surface area contributed by atoms with Crippen LogP contribution in [0.4, 0.5) is 17.3 Å². The van der Waals surface area contributed by atoms with E-state index in [-0.39, 0.29) is 11.8 Å². The fourth-order valence-corrected chi connectivity index (χ4v) is 4.08. The van der Waals surface area contributed by atoms with E-state index >= 15 is 0 Å². The summed E-state index contributed by atoms with van der Waals surface area (Å²) in [4.78, 5) is 26.3. The van der Waals surface area contributed by atoms with Crippen molar-refractivity contribution >= 4 is 23.2 Å². The molecule has 0 spiro atoms. The second-order valence-corrected chi connectivity index (χ2v) is 7.76. The number of nitrogens with one attached hydrogen (secondary N) is 1. The molecule has 6 nitrogen and oxygen atoms in total. The lowest BCUT2D eigenvalue weighted by Gasteiger charge is -2.32. The van der Waals surface area contributed by atoms with Gasteiger partial charge in [0.15, 0.2) is 0 Å². The third-order valence-corrected chi connectivity index (χ3v) is 5.79. The van der Waals surface area contributed by atoms with Crippen LogP contribution >= 0.6 is 0 Å². The van der Waals surface area contributed by atoms with Crippen LogP contribution in [0.3, 0.4) is 0 Å². The molecule has 0 bridgehead atoms. The number of nitrogens with zero attached hydrogens (tertiary/aromatic N) is 4. The smallest absolute Gasteiger partial charge is 0.227 e. The van der Waals surface area contributed by atoms with Gasteiger partial charge in [0.2, 0.25) is 11.9 Å². The van der Waals surface area contributed by atoms with E-state index in [2.05, 4.69) is 25.1 Å². The highest BCUT2D eigenvalue weighted by Gasteiger charge is 2.25. The summed E-state index contributed by atoms with van der Waals surface area (Å²) in [5.74, 6) is 1.04. The van der Waals surface area contributed by atoms with E-state index in [0.29, 0.717) is 0 Å². The van der Waals surface area contributed by atoms with Crippen molar-refractivity contribution in [3.05, 3.63) is 42.7 Å². The number of hydrogen-bond donors (Lipinski definition) is 1. The standard InChI is InChI=1S/C22H29N5O/c28-21(25-19-8-4-3-5-9-19)18-10-14-26(15-11-18)20-16-23-22(24-17-20)27-12-6-1-2-7-13-27/h3-5,8-9,16-18H,1-2,6-7,10-15H2,(H,25,28). The Kier molecular flexibility index (Phi) is 6.04. The zero-order valence-electron chi connectivity index (χ0n) is 16.4. The summed E-state index contributed by atoms with van der Waals surface area (Å²) in [6.07, 6.45) is 10.7. The predicted octanol–water partition coefficient (Wildman–Crippen LogP) is 3.71. The second kappa shape index (κ2) is 9.04. The van der Waals surface area contributed by atoms with Crippen LogP contribution in [0.15, 0.2) is 42.7 Å². The van der Waals surface area contributed by atoms with Crippen LogP contribution in [0.2, 0.25) is 0 Å². The van der Waals surface area contributed by atoms with Gasteiger partial charge in [0.25, 0.3) is 0 Å². The lowest BCUT2D eigenvalue weighted by molar-refractivity contribution is -0.120. The summed E-state index contributed by atoms with van der Waals surface area (Å²) < 4.78 is 0. The van der Waals surface area contributed by atoms with Crippen molar-refractivity contribution in [1.29, 1.82) is 0 Å². The van der Waals surface area contributed by atoms with Crippen molar-refractivity contribution in [3.63, 3.8) is 0 Å². The number of carbonyl (C=O) groups excluding carboxylic acids is 1. The molecule has 0 saturated carbocycles. The van der Waals surface area contributed by atoms with Crippen molar-refractivity contribution in [2.75, 3.05) is 41.3 Å². The number of aromatic nitrogens is 2. The van der Waals surface area contributed by atoms with E-state index in [0.717, 1.165) is 56.3 Å². The van der Waals surface area contributed by atoms with Crippen molar-refractivity contribution in [1.82, 2.24) is 9.97 Å². The molecule has 3 heterocycles. The van der Waals surface area contributed by atoms with Gasteiger partial charge in [-0.3, -0.25) is 4.79 Å². The molecule has 2 saturated heterocycles. The number of amides is 1. The molecule has 0 atom stereocenters. The first-order valence-corrected chi connectivity index (χ1v) is 10.5. The lowest BCUT2D eigenvalue weighted by Crippen LogP contribution is -2.38. The van der Waals surface area contributed by atoms with Crippen molar-refractivity contribution in [2.24, 2.45) is 5.92 Å². The minimum Gasteiger partial charge on any atom is -0.369 e. The monoisotopic (exact) mass is 379 g/mol. The molecule has 0 radical (unpaired) electrons. The topological polar surface area (TPSA) is 61.4 Å². The van der Waals surface area contributed by atoms with Crippen LogP contribution in [0.25, 0.3) is 0 Å². The first-order chi connectivity index (χ1) is 13.8. The van der Waals surface area contributed by atoms with Crippen molar-refractivity contribution in [3.8, 4) is 0 Å². The number of piperidine rings is 1. The van der Waals surface area contributed by atoms with Gasteiger partial charge in [-0.1, -0.05) is 31.0 Å². The average molecular weight is 380 g/mol. The maximum absolute atomic E-state index is 12.5. The van der Waals surface area contributed by atoms with Crippen LogP contribution in [-0.2, 0) is 4.79 Å². The van der Waals surface area contributed by atoms with E-state index in [1.54, 1.807) is 0 Å². The number of carbonyl (C=O) groups is 1. The SMILES string of the molecule is O=C(Nc1ccccc1)C1CCN(c2cnc(N3CCCCCC3)nc2)CC1. The van der Waals surface area contributed by atoms with Gasteiger partial charge in [-0.15, -0.1) is 0 Å².